The van der Waals surface area contributed by atoms with Gasteiger partial charge >= 0.3 is 0 Å². The van der Waals surface area contributed by atoms with E-state index < -0.39 is 0 Å². The van der Waals surface area contributed by atoms with Crippen molar-refractivity contribution in [3.05, 3.63) is 23.7 Å². The van der Waals surface area contributed by atoms with Crippen LogP contribution in [0.25, 0.3) is 0 Å². The predicted octanol–water partition coefficient (Wildman–Crippen LogP) is 1.90. The van der Waals surface area contributed by atoms with Gasteiger partial charge in [0.15, 0.2) is 0 Å². The summed E-state index contributed by atoms with van der Waals surface area (Å²) in [6, 6.07) is 0. The van der Waals surface area contributed by atoms with Gasteiger partial charge in [0.2, 0.25) is 11.8 Å². The molecule has 0 unspecified atom stereocenters. The predicted molar refractivity (Wildman–Crippen MR) is 64.8 cm³/mol. The Kier molecular flexibility index (Phi) is 3.28. The zero-order chi connectivity index (χ0) is 12.5. The summed E-state index contributed by atoms with van der Waals surface area (Å²) in [5.74, 6) is 1.18. The molecule has 92 valence electrons. The van der Waals surface area contributed by atoms with Crippen LogP contribution in [0.3, 0.4) is 0 Å². The normalized spacial score (nSPS) is 12.0. The summed E-state index contributed by atoms with van der Waals surface area (Å²) in [5.41, 5.74) is 0.745. The van der Waals surface area contributed by atoms with Gasteiger partial charge in [-0.25, -0.2) is 4.68 Å². The fourth-order valence-corrected chi connectivity index (χ4v) is 1.49. The molecule has 2 aromatic heterocycles. The molecule has 0 saturated carbocycles. The van der Waals surface area contributed by atoms with Crippen LogP contribution in [-0.4, -0.2) is 25.2 Å². The van der Waals surface area contributed by atoms with E-state index in [-0.39, 0.29) is 5.41 Å². The average Bonchev–Trinajstić information content (AvgIpc) is 2.86. The number of hydrogen-bond acceptors (Lipinski definition) is 5. The van der Waals surface area contributed by atoms with Crippen molar-refractivity contribution in [3.8, 4) is 0 Å². The molecule has 0 aliphatic rings. The van der Waals surface area contributed by atoms with Crippen molar-refractivity contribution in [1.29, 1.82) is 0 Å². The van der Waals surface area contributed by atoms with Gasteiger partial charge in [0.05, 0.1) is 5.69 Å². The van der Waals surface area contributed by atoms with Crippen molar-refractivity contribution in [1.82, 2.24) is 25.2 Å². The van der Waals surface area contributed by atoms with Crippen molar-refractivity contribution in [2.75, 3.05) is 0 Å². The van der Waals surface area contributed by atoms with Crippen LogP contribution in [0.5, 0.6) is 0 Å². The fraction of sp³-hybridized carbons (Fsp3) is 0.600. The molecule has 17 heavy (non-hydrogen) atoms. The van der Waals surface area contributed by atoms with Crippen LogP contribution in [0, 0.1) is 0 Å². The minimum Gasteiger partial charge on any atom is -0.423 e. The van der Waals surface area contributed by atoms with Gasteiger partial charge in [0.25, 0.3) is 0 Å². The largest absolute Gasteiger partial charge is 0.423 e. The highest BCUT2D eigenvalue weighted by Gasteiger charge is 2.21. The van der Waals surface area contributed by atoms with Gasteiger partial charge in [-0.2, -0.15) is 0 Å². The van der Waals surface area contributed by atoms with E-state index in [2.05, 4.69) is 36.4 Å². The van der Waals surface area contributed by atoms with Crippen molar-refractivity contribution in [3.63, 3.8) is 0 Å². The molecule has 0 spiro atoms. The van der Waals surface area contributed by atoms with Gasteiger partial charge in [0.1, 0.15) is 6.54 Å². The molecule has 0 saturated heterocycles. The molecule has 0 atom stereocenters. The molecule has 0 aliphatic carbocycles. The molecular weight excluding hydrogens is 286 g/mol. The minimum atomic E-state index is -0.130. The van der Waals surface area contributed by atoms with E-state index in [0.717, 1.165) is 5.69 Å². The van der Waals surface area contributed by atoms with Crippen LogP contribution in [0.4, 0.5) is 0 Å². The van der Waals surface area contributed by atoms with Crippen molar-refractivity contribution >= 4 is 15.9 Å². The summed E-state index contributed by atoms with van der Waals surface area (Å²) >= 11 is 3.32. The first-order chi connectivity index (χ1) is 7.99. The van der Waals surface area contributed by atoms with Gasteiger partial charge < -0.3 is 4.42 Å². The smallest absolute Gasteiger partial charge is 0.238 e. The summed E-state index contributed by atoms with van der Waals surface area (Å²) < 4.78 is 7.25. The number of aromatic nitrogens is 5. The second-order valence-electron chi connectivity index (χ2n) is 4.79. The average molecular weight is 300 g/mol. The first-order valence-corrected chi connectivity index (χ1v) is 6.39. The molecule has 0 aliphatic heterocycles. The van der Waals surface area contributed by atoms with Gasteiger partial charge in [0, 0.05) is 16.9 Å². The fourth-order valence-electron chi connectivity index (χ4n) is 1.24. The second-order valence-corrected chi connectivity index (χ2v) is 5.35. The molecule has 0 aromatic carbocycles. The SMILES string of the molecule is CC(C)(C)c1nnc(Cn2cc(CBr)nn2)o1. The molecular formula is C10H14BrN5O. The first-order valence-electron chi connectivity index (χ1n) is 5.27. The lowest BCUT2D eigenvalue weighted by atomic mass is 9.97. The summed E-state index contributed by atoms with van der Waals surface area (Å²) in [6.45, 7) is 6.54. The van der Waals surface area contributed by atoms with Crippen LogP contribution in [0.1, 0.15) is 38.2 Å². The summed E-state index contributed by atoms with van der Waals surface area (Å²) in [7, 11) is 0. The van der Waals surface area contributed by atoms with E-state index in [0.29, 0.717) is 23.7 Å². The molecule has 2 aromatic rings. The maximum absolute atomic E-state index is 5.57. The lowest BCUT2D eigenvalue weighted by Gasteiger charge is -2.10. The van der Waals surface area contributed by atoms with E-state index in [1.807, 2.05) is 27.0 Å². The quantitative estimate of drug-likeness (QED) is 0.810. The van der Waals surface area contributed by atoms with Crippen LogP contribution >= 0.6 is 15.9 Å². The zero-order valence-corrected chi connectivity index (χ0v) is 11.6. The van der Waals surface area contributed by atoms with Crippen molar-refractivity contribution in [2.24, 2.45) is 0 Å². The highest BCUT2D eigenvalue weighted by Crippen LogP contribution is 2.20. The molecule has 2 rings (SSSR count). The number of rotatable bonds is 3. The van der Waals surface area contributed by atoms with E-state index in [9.17, 15) is 0 Å². The third kappa shape index (κ3) is 2.91. The van der Waals surface area contributed by atoms with E-state index >= 15 is 0 Å². The van der Waals surface area contributed by atoms with E-state index in [1.165, 1.54) is 0 Å². The third-order valence-electron chi connectivity index (χ3n) is 2.13. The maximum Gasteiger partial charge on any atom is 0.238 e. The van der Waals surface area contributed by atoms with Crippen LogP contribution in [0.15, 0.2) is 10.6 Å². The lowest BCUT2D eigenvalue weighted by Crippen LogP contribution is -2.11. The second kappa shape index (κ2) is 4.56. The van der Waals surface area contributed by atoms with Crippen LogP contribution in [0.2, 0.25) is 0 Å². The van der Waals surface area contributed by atoms with E-state index in [1.54, 1.807) is 4.68 Å². The Morgan fingerprint density at radius 1 is 1.29 bits per heavy atom. The number of halogens is 1. The summed E-state index contributed by atoms with van der Waals surface area (Å²) in [4.78, 5) is 0. The van der Waals surface area contributed by atoms with E-state index in [4.69, 9.17) is 4.42 Å². The maximum atomic E-state index is 5.57. The Bertz CT molecular complexity index is 499. The first kappa shape index (κ1) is 12.2. The van der Waals surface area contributed by atoms with Gasteiger partial charge in [-0.05, 0) is 0 Å². The standard InChI is InChI=1S/C10H14BrN5O/c1-10(2,3)9-14-13-8(17-9)6-16-5-7(4-11)12-15-16/h5H,4,6H2,1-3H3. The Hall–Kier alpha value is -1.24. The minimum absolute atomic E-state index is 0.130. The molecule has 0 fully saturated rings. The Balaban J connectivity index is 2.11. The Labute approximate surface area is 108 Å². The lowest BCUT2D eigenvalue weighted by molar-refractivity contribution is 0.362. The summed E-state index contributed by atoms with van der Waals surface area (Å²) in [6.07, 6.45) is 1.84. The third-order valence-corrected chi connectivity index (χ3v) is 2.70. The molecule has 6 nitrogen and oxygen atoms in total. The van der Waals surface area contributed by atoms with Gasteiger partial charge in [-0.3, -0.25) is 0 Å². The number of hydrogen-bond donors (Lipinski definition) is 0. The summed E-state index contributed by atoms with van der Waals surface area (Å²) in [5, 5.41) is 16.6. The van der Waals surface area contributed by atoms with Crippen LogP contribution in [-0.2, 0) is 17.3 Å². The molecule has 0 radical (unpaired) electrons. The molecule has 7 heteroatoms. The molecule has 0 bridgehead atoms. The Morgan fingerprint density at radius 2 is 2.06 bits per heavy atom. The number of nitrogens with zero attached hydrogens (tertiary/aromatic N) is 5. The zero-order valence-electron chi connectivity index (χ0n) is 10.0. The van der Waals surface area contributed by atoms with Crippen molar-refractivity contribution in [2.45, 2.75) is 38.1 Å². The highest BCUT2D eigenvalue weighted by atomic mass is 79.9. The molecule has 0 amide bonds. The Morgan fingerprint density at radius 3 is 2.59 bits per heavy atom. The highest BCUT2D eigenvalue weighted by molar-refractivity contribution is 9.08. The van der Waals surface area contributed by atoms with Gasteiger partial charge in [-0.15, -0.1) is 15.3 Å². The van der Waals surface area contributed by atoms with Crippen LogP contribution < -0.4 is 0 Å². The topological polar surface area (TPSA) is 69.6 Å². The van der Waals surface area contributed by atoms with Crippen molar-refractivity contribution < 1.29 is 4.42 Å². The number of alkyl halides is 1. The monoisotopic (exact) mass is 299 g/mol. The van der Waals surface area contributed by atoms with Gasteiger partial charge in [-0.1, -0.05) is 41.9 Å². The molecule has 2 heterocycles. The molecule has 0 N–H and O–H groups in total.